The first kappa shape index (κ1) is 22.1. The van der Waals surface area contributed by atoms with Gasteiger partial charge in [-0.25, -0.2) is 0 Å². The van der Waals surface area contributed by atoms with Gasteiger partial charge in [0.2, 0.25) is 5.91 Å². The van der Waals surface area contributed by atoms with E-state index in [2.05, 4.69) is 0 Å². The maximum absolute atomic E-state index is 14.0. The van der Waals surface area contributed by atoms with Gasteiger partial charge in [0, 0.05) is 30.4 Å². The number of hydrogen-bond donors (Lipinski definition) is 1. The summed E-state index contributed by atoms with van der Waals surface area (Å²) in [5.74, 6) is -2.84. The highest BCUT2D eigenvalue weighted by Gasteiger charge is 2.71. The zero-order valence-corrected chi connectivity index (χ0v) is 18.7. The van der Waals surface area contributed by atoms with Gasteiger partial charge in [0.05, 0.1) is 18.6 Å². The topological polar surface area (TPSA) is 96.4 Å². The Labute approximate surface area is 196 Å². The highest BCUT2D eigenvalue weighted by molar-refractivity contribution is 6.30. The maximum atomic E-state index is 14.0. The normalized spacial score (nSPS) is 33.2. The summed E-state index contributed by atoms with van der Waals surface area (Å²) < 4.78 is 11.8. The van der Waals surface area contributed by atoms with Crippen molar-refractivity contribution >= 4 is 35.1 Å². The van der Waals surface area contributed by atoms with Crippen LogP contribution in [-0.2, 0) is 23.9 Å². The fourth-order valence-electron chi connectivity index (χ4n) is 5.44. The van der Waals surface area contributed by atoms with Crippen LogP contribution >= 0.6 is 11.6 Å². The number of nitrogens with zero attached hydrogens (tertiary/aromatic N) is 2. The van der Waals surface area contributed by atoms with E-state index < -0.39 is 35.6 Å². The van der Waals surface area contributed by atoms with Crippen LogP contribution in [0.25, 0.3) is 0 Å². The van der Waals surface area contributed by atoms with E-state index in [4.69, 9.17) is 21.1 Å². The number of cyclic esters (lactones) is 1. The number of halogens is 1. The van der Waals surface area contributed by atoms with Gasteiger partial charge in [-0.05, 0) is 37.1 Å². The highest BCUT2D eigenvalue weighted by Crippen LogP contribution is 2.53. The Morgan fingerprint density at radius 1 is 1.12 bits per heavy atom. The third kappa shape index (κ3) is 3.48. The third-order valence-electron chi connectivity index (χ3n) is 6.82. The molecule has 0 aromatic heterocycles. The Hall–Kier alpha value is -2.68. The monoisotopic (exact) mass is 472 g/mol. The second kappa shape index (κ2) is 8.59. The molecule has 0 bridgehead atoms. The number of carbonyl (C=O) groups is 3. The van der Waals surface area contributed by atoms with Crippen molar-refractivity contribution in [2.75, 3.05) is 31.2 Å². The summed E-state index contributed by atoms with van der Waals surface area (Å²) in [7, 11) is 0. The standard InChI is InChI=1S/C24H25ClN2O6/c25-15-6-8-16(9-7-15)26-11-3-10-24-19(18-17(33-24)5-1-2-14-32-23(18)31)21(29)27(12-4-13-28)20(24)22(26)30/h1,3,5-10,17-20,28H,2,4,11-14H2/t17-,18+,19-,20?,24-/m0/s1. The van der Waals surface area contributed by atoms with Crippen LogP contribution in [0.1, 0.15) is 12.8 Å². The van der Waals surface area contributed by atoms with Crippen LogP contribution in [0.5, 0.6) is 0 Å². The van der Waals surface area contributed by atoms with Gasteiger partial charge in [-0.3, -0.25) is 14.4 Å². The molecular weight excluding hydrogens is 448 g/mol. The highest BCUT2D eigenvalue weighted by atomic mass is 35.5. The van der Waals surface area contributed by atoms with E-state index in [1.165, 1.54) is 4.90 Å². The minimum atomic E-state index is -1.30. The summed E-state index contributed by atoms with van der Waals surface area (Å²) in [6.07, 6.45) is 7.49. The van der Waals surface area contributed by atoms with Crippen molar-refractivity contribution in [3.63, 3.8) is 0 Å². The summed E-state index contributed by atoms with van der Waals surface area (Å²) >= 11 is 6.03. The van der Waals surface area contributed by atoms with Gasteiger partial charge in [0.1, 0.15) is 17.6 Å². The first-order valence-corrected chi connectivity index (χ1v) is 11.5. The molecule has 1 aromatic rings. The quantitative estimate of drug-likeness (QED) is 0.529. The molecule has 2 fully saturated rings. The number of hydrogen-bond acceptors (Lipinski definition) is 6. The molecule has 174 valence electrons. The first-order valence-electron chi connectivity index (χ1n) is 11.1. The van der Waals surface area contributed by atoms with Gasteiger partial charge in [-0.1, -0.05) is 35.9 Å². The molecule has 0 aliphatic carbocycles. The van der Waals surface area contributed by atoms with Crippen molar-refractivity contribution < 1.29 is 29.0 Å². The average molecular weight is 473 g/mol. The van der Waals surface area contributed by atoms with E-state index >= 15 is 0 Å². The lowest BCUT2D eigenvalue weighted by atomic mass is 9.77. The molecule has 4 heterocycles. The van der Waals surface area contributed by atoms with E-state index in [0.717, 1.165) is 0 Å². The molecule has 0 saturated carbocycles. The molecule has 5 rings (SSSR count). The van der Waals surface area contributed by atoms with Crippen LogP contribution < -0.4 is 4.90 Å². The van der Waals surface area contributed by atoms with Crippen LogP contribution in [0.3, 0.4) is 0 Å². The van der Waals surface area contributed by atoms with Crippen molar-refractivity contribution in [3.05, 3.63) is 53.6 Å². The van der Waals surface area contributed by atoms with Crippen LogP contribution in [0, 0.1) is 11.8 Å². The number of aliphatic hydroxyl groups is 1. The molecule has 1 aromatic carbocycles. The number of ether oxygens (including phenoxy) is 2. The molecule has 33 heavy (non-hydrogen) atoms. The summed E-state index contributed by atoms with van der Waals surface area (Å²) in [5, 5.41) is 9.96. The minimum absolute atomic E-state index is 0.128. The molecule has 1 N–H and O–H groups in total. The van der Waals surface area contributed by atoms with Gasteiger partial charge in [-0.15, -0.1) is 0 Å². The molecule has 1 spiro atoms. The molecule has 5 atom stereocenters. The molecule has 1 unspecified atom stereocenters. The van der Waals surface area contributed by atoms with Gasteiger partial charge < -0.3 is 24.4 Å². The van der Waals surface area contributed by atoms with Crippen LogP contribution in [0.4, 0.5) is 5.69 Å². The predicted octanol–water partition coefficient (Wildman–Crippen LogP) is 1.71. The second-order valence-electron chi connectivity index (χ2n) is 8.66. The number of fused-ring (bicyclic) bond motifs is 2. The number of esters is 1. The lowest BCUT2D eigenvalue weighted by Crippen LogP contribution is -2.55. The Morgan fingerprint density at radius 3 is 2.67 bits per heavy atom. The maximum Gasteiger partial charge on any atom is 0.312 e. The van der Waals surface area contributed by atoms with Gasteiger partial charge in [-0.2, -0.15) is 0 Å². The third-order valence-corrected chi connectivity index (χ3v) is 7.07. The van der Waals surface area contributed by atoms with Crippen molar-refractivity contribution in [2.45, 2.75) is 30.6 Å². The number of aliphatic hydroxyl groups excluding tert-OH is 1. The number of rotatable bonds is 4. The zero-order valence-electron chi connectivity index (χ0n) is 17.9. The SMILES string of the molecule is O=C1OCCC=C[C@@H]2O[C@]34C=CCN(c5ccc(Cl)cc5)C(=O)C3N(CCCO)C(=O)[C@@H]4[C@H]12. The minimum Gasteiger partial charge on any atom is -0.465 e. The van der Waals surface area contributed by atoms with Crippen molar-refractivity contribution in [2.24, 2.45) is 11.8 Å². The molecule has 0 radical (unpaired) electrons. The number of amides is 2. The summed E-state index contributed by atoms with van der Waals surface area (Å²) in [6.45, 7) is 0.574. The lowest BCUT2D eigenvalue weighted by Gasteiger charge is -2.35. The summed E-state index contributed by atoms with van der Waals surface area (Å²) in [5.41, 5.74) is -0.652. The Bertz CT molecular complexity index is 1020. The van der Waals surface area contributed by atoms with E-state index in [1.807, 2.05) is 12.2 Å². The number of likely N-dealkylation sites (tertiary alicyclic amines) is 1. The number of benzene rings is 1. The van der Waals surface area contributed by atoms with Gasteiger partial charge in [0.15, 0.2) is 0 Å². The predicted molar refractivity (Wildman–Crippen MR) is 119 cm³/mol. The lowest BCUT2D eigenvalue weighted by molar-refractivity contribution is -0.154. The second-order valence-corrected chi connectivity index (χ2v) is 9.10. The van der Waals surface area contributed by atoms with Crippen molar-refractivity contribution in [1.29, 1.82) is 0 Å². The van der Waals surface area contributed by atoms with Crippen LogP contribution in [0.2, 0.25) is 5.02 Å². The molecule has 4 aliphatic heterocycles. The Balaban J connectivity index is 1.60. The number of anilines is 1. The Morgan fingerprint density at radius 2 is 1.91 bits per heavy atom. The van der Waals surface area contributed by atoms with E-state index in [9.17, 15) is 19.5 Å². The molecule has 2 saturated heterocycles. The first-order chi connectivity index (χ1) is 16.0. The molecule has 9 heteroatoms. The summed E-state index contributed by atoms with van der Waals surface area (Å²) in [6, 6.07) is 5.94. The molecule has 8 nitrogen and oxygen atoms in total. The fraction of sp³-hybridized carbons (Fsp3) is 0.458. The van der Waals surface area contributed by atoms with E-state index in [1.54, 1.807) is 41.3 Å². The van der Waals surface area contributed by atoms with Crippen molar-refractivity contribution in [1.82, 2.24) is 4.90 Å². The fourth-order valence-corrected chi connectivity index (χ4v) is 5.57. The van der Waals surface area contributed by atoms with Crippen molar-refractivity contribution in [3.8, 4) is 0 Å². The molecule has 2 amide bonds. The Kier molecular flexibility index (Phi) is 5.76. The average Bonchev–Trinajstić information content (AvgIpc) is 3.17. The number of carbonyl (C=O) groups excluding carboxylic acids is 3. The molecular formula is C24H25ClN2O6. The largest absolute Gasteiger partial charge is 0.465 e. The van der Waals surface area contributed by atoms with Crippen LogP contribution in [0.15, 0.2) is 48.6 Å². The molecule has 4 aliphatic rings. The summed E-state index contributed by atoms with van der Waals surface area (Å²) in [4.78, 5) is 43.7. The van der Waals surface area contributed by atoms with Crippen LogP contribution in [-0.4, -0.2) is 71.8 Å². The smallest absolute Gasteiger partial charge is 0.312 e. The zero-order chi connectivity index (χ0) is 23.2. The van der Waals surface area contributed by atoms with E-state index in [-0.39, 0.29) is 38.1 Å². The van der Waals surface area contributed by atoms with Gasteiger partial charge in [0.25, 0.3) is 5.91 Å². The van der Waals surface area contributed by atoms with E-state index in [0.29, 0.717) is 23.6 Å². The van der Waals surface area contributed by atoms with Gasteiger partial charge >= 0.3 is 5.97 Å².